The second-order valence-electron chi connectivity index (χ2n) is 10.8. The molecule has 3 amide bonds. The summed E-state index contributed by atoms with van der Waals surface area (Å²) < 4.78 is 37.6. The quantitative estimate of drug-likeness (QED) is 0.134. The van der Waals surface area contributed by atoms with Crippen molar-refractivity contribution in [2.45, 2.75) is 69.9 Å². The van der Waals surface area contributed by atoms with Crippen LogP contribution in [0.5, 0.6) is 5.88 Å². The molecule has 20 heteroatoms. The molecule has 5 N–H and O–H groups in total. The van der Waals surface area contributed by atoms with E-state index in [-0.39, 0.29) is 28.7 Å². The number of methoxy groups -OCH3 is 1. The van der Waals surface area contributed by atoms with Gasteiger partial charge in [-0.3, -0.25) is 23.6 Å². The average Bonchev–Trinajstić information content (AvgIpc) is 3.52. The number of aliphatic hydroxyl groups excluding tert-OH is 1. The molecule has 7 atom stereocenters. The number of anilines is 1. The number of likely N-dealkylation sites (N-methyl/N-ethyl adjacent to an activating group) is 2. The first-order chi connectivity index (χ1) is 20.5. The third-order valence-corrected chi connectivity index (χ3v) is 11.2. The van der Waals surface area contributed by atoms with Gasteiger partial charge in [-0.05, 0) is 27.7 Å². The summed E-state index contributed by atoms with van der Waals surface area (Å²) in [5, 5.41) is 25.0. The number of aromatic nitrogens is 4. The van der Waals surface area contributed by atoms with Gasteiger partial charge in [0.1, 0.15) is 29.9 Å². The largest absolute Gasteiger partial charge is 0.479 e. The summed E-state index contributed by atoms with van der Waals surface area (Å²) in [5.74, 6) is -1.36. The Bertz CT molecular complexity index is 1470. The molecule has 4 heterocycles. The number of amides is 3. The number of fused-ring (bicyclic) bond motifs is 1. The number of nitrogens with one attached hydrogen (secondary N) is 1. The first-order valence-electron chi connectivity index (χ1n) is 13.5. The summed E-state index contributed by atoms with van der Waals surface area (Å²) in [6.45, 7) is 1.50. The maximum Gasteiger partial charge on any atom is 0.327 e. The predicted octanol–water partition coefficient (Wildman–Crippen LogP) is 0.106. The molecule has 2 fully saturated rings. The average molecular weight is 661 g/mol. The molecule has 3 unspecified atom stereocenters. The molecule has 0 radical (unpaired) electrons. The van der Waals surface area contributed by atoms with Crippen LogP contribution in [-0.4, -0.2) is 127 Å². The van der Waals surface area contributed by atoms with Gasteiger partial charge in [-0.1, -0.05) is 11.4 Å². The number of ether oxygens (including phenoxy) is 3. The zero-order valence-electron chi connectivity index (χ0n) is 25.2. The smallest absolute Gasteiger partial charge is 0.327 e. The van der Waals surface area contributed by atoms with E-state index < -0.39 is 73.5 Å². The highest BCUT2D eigenvalue weighted by Crippen LogP contribution is 2.57. The van der Waals surface area contributed by atoms with Crippen LogP contribution in [0.3, 0.4) is 0 Å². The fourth-order valence-corrected chi connectivity index (χ4v) is 8.68. The van der Waals surface area contributed by atoms with Gasteiger partial charge in [-0.25, -0.2) is 14.9 Å². The van der Waals surface area contributed by atoms with Crippen molar-refractivity contribution >= 4 is 53.1 Å². The van der Waals surface area contributed by atoms with Crippen LogP contribution in [0.25, 0.3) is 11.2 Å². The van der Waals surface area contributed by atoms with Gasteiger partial charge in [0.25, 0.3) is 5.91 Å². The number of carbonyl (C=O) groups is 3. The number of nitrogens with two attached hydrogens (primary N) is 1. The van der Waals surface area contributed by atoms with E-state index in [1.165, 1.54) is 50.8 Å². The van der Waals surface area contributed by atoms with Crippen LogP contribution < -0.4 is 15.6 Å². The number of rotatable bonds is 12. The van der Waals surface area contributed by atoms with Gasteiger partial charge >= 0.3 is 18.7 Å². The minimum atomic E-state index is -4.06. The lowest BCUT2D eigenvalue weighted by atomic mass is 9.96. The van der Waals surface area contributed by atoms with Crippen LogP contribution in [-0.2, 0) is 28.2 Å². The zero-order valence-corrected chi connectivity index (χ0v) is 26.9. The van der Waals surface area contributed by atoms with Gasteiger partial charge in [-0.15, -0.1) is 0 Å². The molecular formula is C24H37N8O10PS. The molecule has 0 aromatic carbocycles. The standard InChI is InChI=1S/C24H37N8O10PS/c1-11(2)41-20(35)12(3)29-43(38,44-9-13-19(34)31(6)23(36)30(13)5)40-8-14-16(33)24(4,37)21(42-14)32-10-26-15-17(32)27-22(25)28-18(15)39-7/h10-14,16,21,33,37H,8-9H2,1-7H3,(H,29,38)(H2,25,27,28)/t12?,13?,14-,16-,21-,24-,43?/m1/s1. The summed E-state index contributed by atoms with van der Waals surface area (Å²) >= 11 is 0.701. The Labute approximate surface area is 256 Å². The number of hydrogen-bond acceptors (Lipinski definition) is 15. The number of nitrogens with zero attached hydrogens (tertiary/aromatic N) is 6. The van der Waals surface area contributed by atoms with E-state index in [1.54, 1.807) is 13.8 Å². The maximum absolute atomic E-state index is 14.1. The minimum Gasteiger partial charge on any atom is -0.479 e. The van der Waals surface area contributed by atoms with Gasteiger partial charge in [0.05, 0.1) is 26.1 Å². The van der Waals surface area contributed by atoms with Crippen molar-refractivity contribution in [1.29, 1.82) is 0 Å². The van der Waals surface area contributed by atoms with Gasteiger partial charge in [-0.2, -0.15) is 9.97 Å². The normalized spacial score (nSPS) is 27.8. The van der Waals surface area contributed by atoms with Crippen LogP contribution in [0.1, 0.15) is 33.9 Å². The molecule has 0 aliphatic carbocycles. The Kier molecular flexibility index (Phi) is 9.80. The second-order valence-corrected chi connectivity index (χ2v) is 15.2. The molecule has 244 valence electrons. The monoisotopic (exact) mass is 660 g/mol. The Hall–Kier alpha value is -3.06. The van der Waals surface area contributed by atoms with Crippen LogP contribution in [0.2, 0.25) is 0 Å². The highest BCUT2D eigenvalue weighted by molar-refractivity contribution is 8.56. The van der Waals surface area contributed by atoms with E-state index in [9.17, 15) is 29.2 Å². The molecule has 18 nitrogen and oxygen atoms in total. The molecule has 4 rings (SSSR count). The summed E-state index contributed by atoms with van der Waals surface area (Å²) in [7, 11) is 4.16. The molecule has 2 aromatic rings. The van der Waals surface area contributed by atoms with Crippen molar-refractivity contribution in [1.82, 2.24) is 34.4 Å². The van der Waals surface area contributed by atoms with Gasteiger partial charge < -0.3 is 39.6 Å². The molecular weight excluding hydrogens is 623 g/mol. The number of imidazole rings is 1. The molecule has 0 spiro atoms. The molecule has 0 bridgehead atoms. The van der Waals surface area contributed by atoms with E-state index in [4.69, 9.17) is 24.5 Å². The van der Waals surface area contributed by atoms with Crippen LogP contribution in [0, 0.1) is 0 Å². The van der Waals surface area contributed by atoms with Crippen molar-refractivity contribution in [3.05, 3.63) is 6.33 Å². The molecule has 0 saturated carbocycles. The number of esters is 1. The van der Waals surface area contributed by atoms with E-state index in [1.807, 2.05) is 0 Å². The lowest BCUT2D eigenvalue weighted by Gasteiger charge is -2.27. The number of hydrogen-bond donors (Lipinski definition) is 4. The molecule has 44 heavy (non-hydrogen) atoms. The molecule has 2 aliphatic rings. The number of imide groups is 1. The number of aliphatic hydroxyl groups is 2. The summed E-state index contributed by atoms with van der Waals surface area (Å²) in [5.41, 5.74) is 4.28. The topological polar surface area (TPSA) is 234 Å². The third kappa shape index (κ3) is 6.49. The minimum absolute atomic E-state index is 0.0951. The van der Waals surface area contributed by atoms with E-state index in [0.29, 0.717) is 11.4 Å². The number of urea groups is 1. The number of carbonyl (C=O) groups excluding carboxylic acids is 3. The Morgan fingerprint density at radius 2 is 1.98 bits per heavy atom. The SMILES string of the molecule is COc1nc(N)nc2c1ncn2[C@@H]1O[C@H](COP(=O)(NC(C)C(=O)OC(C)C)SCC2C(=O)N(C)C(=O)N2C)[C@@H](O)[C@@]1(C)O. The van der Waals surface area contributed by atoms with Gasteiger partial charge in [0, 0.05) is 19.8 Å². The third-order valence-electron chi connectivity index (χ3n) is 7.15. The lowest BCUT2D eigenvalue weighted by Crippen LogP contribution is -2.44. The van der Waals surface area contributed by atoms with E-state index in [0.717, 1.165) is 4.90 Å². The van der Waals surface area contributed by atoms with Crippen molar-refractivity contribution in [2.24, 2.45) is 0 Å². The highest BCUT2D eigenvalue weighted by atomic mass is 32.7. The Morgan fingerprint density at radius 1 is 1.30 bits per heavy atom. The highest BCUT2D eigenvalue weighted by Gasteiger charge is 2.54. The van der Waals surface area contributed by atoms with Crippen molar-refractivity contribution in [2.75, 3.05) is 39.3 Å². The Morgan fingerprint density at radius 3 is 2.57 bits per heavy atom. The fourth-order valence-electron chi connectivity index (χ4n) is 4.71. The van der Waals surface area contributed by atoms with Crippen LogP contribution in [0.15, 0.2) is 6.33 Å². The predicted molar refractivity (Wildman–Crippen MR) is 156 cm³/mol. The second kappa shape index (κ2) is 12.7. The first-order valence-corrected chi connectivity index (χ1v) is 16.7. The van der Waals surface area contributed by atoms with Gasteiger partial charge in [0.15, 0.2) is 17.4 Å². The maximum atomic E-state index is 14.1. The Balaban J connectivity index is 1.55. The van der Waals surface area contributed by atoms with Crippen molar-refractivity contribution in [3.8, 4) is 5.88 Å². The lowest BCUT2D eigenvalue weighted by molar-refractivity contribution is -0.149. The molecule has 2 saturated heterocycles. The summed E-state index contributed by atoms with van der Waals surface area (Å²) in [6, 6.07) is -2.56. The summed E-state index contributed by atoms with van der Waals surface area (Å²) in [4.78, 5) is 51.9. The van der Waals surface area contributed by atoms with E-state index in [2.05, 4.69) is 20.0 Å². The molecule has 2 aliphatic heterocycles. The number of nitrogen functional groups attached to an aromatic ring is 1. The zero-order chi connectivity index (χ0) is 32.7. The van der Waals surface area contributed by atoms with Crippen molar-refractivity contribution < 1.29 is 47.9 Å². The summed E-state index contributed by atoms with van der Waals surface area (Å²) in [6.07, 6.45) is -3.16. The van der Waals surface area contributed by atoms with Crippen LogP contribution >= 0.6 is 18.1 Å². The van der Waals surface area contributed by atoms with Crippen LogP contribution in [0.4, 0.5) is 10.7 Å². The van der Waals surface area contributed by atoms with Gasteiger partial charge in [0.2, 0.25) is 11.8 Å². The van der Waals surface area contributed by atoms with Crippen molar-refractivity contribution in [3.63, 3.8) is 0 Å². The fraction of sp³-hybridized carbons (Fsp3) is 0.667. The van der Waals surface area contributed by atoms with E-state index >= 15 is 0 Å². The molecule has 2 aromatic heterocycles. The first kappa shape index (κ1) is 33.8.